The number of tetrazole rings is 1. The van der Waals surface area contributed by atoms with Crippen molar-refractivity contribution in [1.82, 2.24) is 25.5 Å². The largest absolute Gasteiger partial charge is 0.423 e. The van der Waals surface area contributed by atoms with Crippen molar-refractivity contribution in [3.05, 3.63) is 60.2 Å². The first kappa shape index (κ1) is 16.1. The van der Waals surface area contributed by atoms with Gasteiger partial charge in [0.05, 0.1) is 5.69 Å². The van der Waals surface area contributed by atoms with Crippen LogP contribution in [0.15, 0.2) is 54.6 Å². The van der Waals surface area contributed by atoms with Crippen molar-refractivity contribution in [2.24, 2.45) is 0 Å². The Morgan fingerprint density at radius 1 is 1.00 bits per heavy atom. The maximum Gasteiger partial charge on any atom is 0.345 e. The maximum absolute atomic E-state index is 5.81. The van der Waals surface area contributed by atoms with Crippen molar-refractivity contribution in [2.45, 2.75) is 32.9 Å². The van der Waals surface area contributed by atoms with Gasteiger partial charge in [-0.15, -0.1) is 0 Å². The summed E-state index contributed by atoms with van der Waals surface area (Å²) in [5.41, 5.74) is 2.14. The number of hydrogen-bond donors (Lipinski definition) is 1. The highest BCUT2D eigenvalue weighted by Gasteiger charge is 2.11. The first-order valence-electron chi connectivity index (χ1n) is 7.87. The number of hydrogen-bond acceptors (Lipinski definition) is 5. The summed E-state index contributed by atoms with van der Waals surface area (Å²) >= 11 is 0. The highest BCUT2D eigenvalue weighted by molar-refractivity contribution is 5.34. The molecule has 1 N–H and O–H groups in total. The molecule has 0 unspecified atom stereocenters. The molecule has 1 aromatic heterocycles. The summed E-state index contributed by atoms with van der Waals surface area (Å²) in [7, 11) is 0. The van der Waals surface area contributed by atoms with Gasteiger partial charge in [-0.05, 0) is 61.0 Å². The number of nitrogens with one attached hydrogen (secondary N) is 1. The fraction of sp³-hybridized carbons (Fsp3) is 0.278. The topological polar surface area (TPSA) is 64.9 Å². The lowest BCUT2D eigenvalue weighted by atomic mass is 10.1. The Hall–Kier alpha value is -2.73. The molecule has 0 spiro atoms. The predicted molar refractivity (Wildman–Crippen MR) is 92.3 cm³/mol. The maximum atomic E-state index is 5.81. The van der Waals surface area contributed by atoms with E-state index in [0.717, 1.165) is 12.2 Å². The van der Waals surface area contributed by atoms with Gasteiger partial charge in [0.1, 0.15) is 5.75 Å². The molecule has 24 heavy (non-hydrogen) atoms. The van der Waals surface area contributed by atoms with Gasteiger partial charge >= 0.3 is 6.01 Å². The minimum Gasteiger partial charge on any atom is -0.423 e. The van der Waals surface area contributed by atoms with Gasteiger partial charge in [0, 0.05) is 12.1 Å². The Bertz CT molecular complexity index is 775. The molecular weight excluding hydrogens is 302 g/mol. The molecular formula is C18H21N5O. The Balaban J connectivity index is 1.70. The van der Waals surface area contributed by atoms with Crippen LogP contribution < -0.4 is 10.1 Å². The van der Waals surface area contributed by atoms with Crippen LogP contribution in [0.4, 0.5) is 0 Å². The summed E-state index contributed by atoms with van der Waals surface area (Å²) in [5, 5.41) is 15.1. The molecule has 0 aliphatic rings. The third-order valence-electron chi connectivity index (χ3n) is 3.40. The Morgan fingerprint density at radius 2 is 1.71 bits per heavy atom. The Labute approximate surface area is 141 Å². The van der Waals surface area contributed by atoms with E-state index >= 15 is 0 Å². The second-order valence-electron chi connectivity index (χ2n) is 6.56. The van der Waals surface area contributed by atoms with Crippen LogP contribution in [0.1, 0.15) is 26.3 Å². The van der Waals surface area contributed by atoms with Gasteiger partial charge in [0.15, 0.2) is 0 Å². The van der Waals surface area contributed by atoms with Crippen LogP contribution in [0, 0.1) is 0 Å². The highest BCUT2D eigenvalue weighted by Crippen LogP contribution is 2.21. The molecule has 0 radical (unpaired) electrons. The van der Waals surface area contributed by atoms with E-state index in [1.165, 1.54) is 5.56 Å². The second kappa shape index (κ2) is 6.80. The molecule has 0 aliphatic carbocycles. The smallest absolute Gasteiger partial charge is 0.345 e. The van der Waals surface area contributed by atoms with E-state index in [2.05, 4.69) is 41.6 Å². The minimum absolute atomic E-state index is 0.0902. The quantitative estimate of drug-likeness (QED) is 0.780. The molecule has 0 saturated carbocycles. The van der Waals surface area contributed by atoms with Crippen molar-refractivity contribution in [2.75, 3.05) is 0 Å². The molecule has 0 atom stereocenters. The molecule has 2 aromatic carbocycles. The minimum atomic E-state index is 0.0902. The van der Waals surface area contributed by atoms with Crippen LogP contribution in [0.5, 0.6) is 11.8 Å². The Kier molecular flexibility index (Phi) is 4.57. The fourth-order valence-corrected chi connectivity index (χ4v) is 2.12. The third kappa shape index (κ3) is 4.17. The molecule has 6 heteroatoms. The van der Waals surface area contributed by atoms with Crippen molar-refractivity contribution in [3.8, 4) is 17.4 Å². The Morgan fingerprint density at radius 3 is 2.38 bits per heavy atom. The van der Waals surface area contributed by atoms with E-state index in [1.54, 1.807) is 4.68 Å². The molecule has 0 amide bonds. The average molecular weight is 323 g/mol. The molecule has 3 aromatic rings. The number of aromatic nitrogens is 4. The zero-order chi connectivity index (χ0) is 17.0. The molecule has 6 nitrogen and oxygen atoms in total. The lowest BCUT2D eigenvalue weighted by Gasteiger charge is -2.20. The molecule has 0 bridgehead atoms. The number of nitrogens with zero attached hydrogens (tertiary/aromatic N) is 4. The highest BCUT2D eigenvalue weighted by atomic mass is 16.5. The van der Waals surface area contributed by atoms with E-state index < -0.39 is 0 Å². The molecule has 0 saturated heterocycles. The fourth-order valence-electron chi connectivity index (χ4n) is 2.12. The number of rotatable bonds is 5. The van der Waals surface area contributed by atoms with Crippen LogP contribution in [-0.2, 0) is 6.54 Å². The van der Waals surface area contributed by atoms with E-state index in [4.69, 9.17) is 4.74 Å². The summed E-state index contributed by atoms with van der Waals surface area (Å²) in [4.78, 5) is 0. The first-order valence-corrected chi connectivity index (χ1v) is 7.87. The molecule has 3 rings (SSSR count). The zero-order valence-corrected chi connectivity index (χ0v) is 14.1. The standard InChI is InChI=1S/C18H21N5O/c1-18(2,3)19-13-14-9-11-16(12-10-14)24-17-20-21-22-23(17)15-7-5-4-6-8-15/h4-12,19H,13H2,1-3H3. The first-order chi connectivity index (χ1) is 11.5. The predicted octanol–water partition coefficient (Wildman–Crippen LogP) is 3.34. The lowest BCUT2D eigenvalue weighted by Crippen LogP contribution is -2.34. The lowest BCUT2D eigenvalue weighted by molar-refractivity contribution is 0.421. The molecule has 1 heterocycles. The molecule has 0 fully saturated rings. The van der Waals surface area contributed by atoms with Crippen LogP contribution in [0.2, 0.25) is 0 Å². The monoisotopic (exact) mass is 323 g/mol. The number of para-hydroxylation sites is 1. The second-order valence-corrected chi connectivity index (χ2v) is 6.56. The van der Waals surface area contributed by atoms with Gasteiger partial charge in [-0.25, -0.2) is 0 Å². The van der Waals surface area contributed by atoms with E-state index in [9.17, 15) is 0 Å². The summed E-state index contributed by atoms with van der Waals surface area (Å²) in [6.07, 6.45) is 0. The van der Waals surface area contributed by atoms with Crippen LogP contribution in [-0.4, -0.2) is 25.7 Å². The van der Waals surface area contributed by atoms with Gasteiger partial charge in [-0.3, -0.25) is 0 Å². The summed E-state index contributed by atoms with van der Waals surface area (Å²) in [6, 6.07) is 17.9. The van der Waals surface area contributed by atoms with Crippen LogP contribution >= 0.6 is 0 Å². The number of benzene rings is 2. The van der Waals surface area contributed by atoms with E-state index in [-0.39, 0.29) is 5.54 Å². The van der Waals surface area contributed by atoms with E-state index in [0.29, 0.717) is 11.8 Å². The van der Waals surface area contributed by atoms with Gasteiger partial charge in [-0.2, -0.15) is 4.68 Å². The van der Waals surface area contributed by atoms with Gasteiger partial charge in [0.25, 0.3) is 0 Å². The van der Waals surface area contributed by atoms with Gasteiger partial charge < -0.3 is 10.1 Å². The normalized spacial score (nSPS) is 11.5. The zero-order valence-electron chi connectivity index (χ0n) is 14.1. The van der Waals surface area contributed by atoms with E-state index in [1.807, 2.05) is 54.6 Å². The van der Waals surface area contributed by atoms with Crippen LogP contribution in [0.3, 0.4) is 0 Å². The van der Waals surface area contributed by atoms with Gasteiger partial charge in [-0.1, -0.05) is 35.4 Å². The summed E-state index contributed by atoms with van der Waals surface area (Å²) in [6.45, 7) is 7.25. The average Bonchev–Trinajstić information content (AvgIpc) is 3.02. The summed E-state index contributed by atoms with van der Waals surface area (Å²) in [5.74, 6) is 0.696. The van der Waals surface area contributed by atoms with Crippen molar-refractivity contribution in [3.63, 3.8) is 0 Å². The number of ether oxygens (including phenoxy) is 1. The van der Waals surface area contributed by atoms with Crippen molar-refractivity contribution in [1.29, 1.82) is 0 Å². The van der Waals surface area contributed by atoms with Crippen LogP contribution in [0.25, 0.3) is 5.69 Å². The third-order valence-corrected chi connectivity index (χ3v) is 3.40. The molecule has 124 valence electrons. The molecule has 0 aliphatic heterocycles. The SMILES string of the molecule is CC(C)(C)NCc1ccc(Oc2nnnn2-c2ccccc2)cc1. The van der Waals surface area contributed by atoms with Crippen molar-refractivity contribution >= 4 is 0 Å². The summed E-state index contributed by atoms with van der Waals surface area (Å²) < 4.78 is 7.38. The van der Waals surface area contributed by atoms with Crippen molar-refractivity contribution < 1.29 is 4.74 Å². The van der Waals surface area contributed by atoms with Gasteiger partial charge in [0.2, 0.25) is 0 Å².